The monoisotopic (exact) mass is 379 g/mol. The van der Waals surface area contributed by atoms with Crippen LogP contribution in [0, 0.1) is 11.6 Å². The van der Waals surface area contributed by atoms with Crippen LogP contribution in [-0.4, -0.2) is 11.9 Å². The zero-order valence-corrected chi connectivity index (χ0v) is 13.7. The Labute approximate surface area is 145 Å². The van der Waals surface area contributed by atoms with E-state index in [1.165, 1.54) is 6.07 Å². The first-order chi connectivity index (χ1) is 11.1. The van der Waals surface area contributed by atoms with Gasteiger partial charge in [-0.1, -0.05) is 29.3 Å². The lowest BCUT2D eigenvalue weighted by Gasteiger charge is -2.26. The van der Waals surface area contributed by atoms with Gasteiger partial charge >= 0.3 is 0 Å². The second kappa shape index (κ2) is 6.99. The Bertz CT molecular complexity index is 762. The number of alkyl halides is 2. The van der Waals surface area contributed by atoms with E-state index in [2.05, 4.69) is 0 Å². The van der Waals surface area contributed by atoms with Crippen LogP contribution in [0.1, 0.15) is 22.8 Å². The van der Waals surface area contributed by atoms with E-state index in [-0.39, 0.29) is 10.0 Å². The molecule has 8 heteroatoms. The summed E-state index contributed by atoms with van der Waals surface area (Å²) in [6, 6.07) is 4.39. The van der Waals surface area contributed by atoms with E-state index in [9.17, 15) is 22.4 Å². The predicted octanol–water partition coefficient (Wildman–Crippen LogP) is 5.18. The minimum absolute atomic E-state index is 0.171. The molecular weight excluding hydrogens is 369 g/mol. The highest BCUT2D eigenvalue weighted by atomic mass is 35.5. The van der Waals surface area contributed by atoms with Crippen molar-refractivity contribution in [1.82, 2.24) is 5.32 Å². The van der Waals surface area contributed by atoms with Gasteiger partial charge in [0.1, 0.15) is 17.2 Å². The number of carbonyl (C=O) groups is 1. The molecule has 1 amide bonds. The Balaban J connectivity index is 2.27. The molecule has 128 valence electrons. The van der Waals surface area contributed by atoms with Crippen molar-refractivity contribution in [2.45, 2.75) is 18.9 Å². The van der Waals surface area contributed by atoms with Crippen LogP contribution in [0.25, 0.3) is 0 Å². The maximum absolute atomic E-state index is 14.5. The zero-order valence-electron chi connectivity index (χ0n) is 12.2. The van der Waals surface area contributed by atoms with Crippen molar-refractivity contribution < 1.29 is 22.4 Å². The Kier molecular flexibility index (Phi) is 5.40. The van der Waals surface area contributed by atoms with E-state index in [0.29, 0.717) is 0 Å². The normalized spacial score (nSPS) is 12.8. The highest BCUT2D eigenvalue weighted by Gasteiger charge is 2.41. The lowest BCUT2D eigenvalue weighted by atomic mass is 10.0. The molecule has 0 spiro atoms. The first-order valence-corrected chi connectivity index (χ1v) is 7.48. The highest BCUT2D eigenvalue weighted by Crippen LogP contribution is 2.37. The van der Waals surface area contributed by atoms with Crippen LogP contribution in [0.3, 0.4) is 0 Å². The van der Waals surface area contributed by atoms with Gasteiger partial charge in [-0.3, -0.25) is 4.79 Å². The minimum atomic E-state index is -3.58. The summed E-state index contributed by atoms with van der Waals surface area (Å²) < 4.78 is 56.1. The molecule has 0 aliphatic rings. The molecule has 0 saturated carbocycles. The minimum Gasteiger partial charge on any atom is -0.343 e. The van der Waals surface area contributed by atoms with Gasteiger partial charge in [0.05, 0.1) is 11.1 Å². The van der Waals surface area contributed by atoms with Crippen molar-refractivity contribution in [3.05, 3.63) is 69.2 Å². The molecule has 2 nitrogen and oxygen atoms in total. The van der Waals surface area contributed by atoms with Crippen LogP contribution in [0.4, 0.5) is 17.6 Å². The average molecular weight is 380 g/mol. The number of rotatable bonds is 4. The number of halogens is 6. The van der Waals surface area contributed by atoms with Gasteiger partial charge in [0.15, 0.2) is 0 Å². The topological polar surface area (TPSA) is 29.1 Å². The van der Waals surface area contributed by atoms with E-state index < -0.39 is 40.6 Å². The van der Waals surface area contributed by atoms with Crippen molar-refractivity contribution in [1.29, 1.82) is 0 Å². The van der Waals surface area contributed by atoms with E-state index in [4.69, 9.17) is 23.2 Å². The van der Waals surface area contributed by atoms with Crippen molar-refractivity contribution in [2.75, 3.05) is 0 Å². The fourth-order valence-electron chi connectivity index (χ4n) is 2.07. The van der Waals surface area contributed by atoms with E-state index >= 15 is 0 Å². The Morgan fingerprint density at radius 2 is 1.71 bits per heavy atom. The number of hydrogen-bond acceptors (Lipinski definition) is 1. The summed E-state index contributed by atoms with van der Waals surface area (Å²) in [5.74, 6) is -7.16. The van der Waals surface area contributed by atoms with Gasteiger partial charge in [-0.15, -0.1) is 0 Å². The summed E-state index contributed by atoms with van der Waals surface area (Å²) in [4.78, 5) is 11.9. The molecule has 24 heavy (non-hydrogen) atoms. The molecule has 2 aromatic carbocycles. The number of benzene rings is 2. The molecule has 0 saturated heterocycles. The first-order valence-electron chi connectivity index (χ1n) is 6.72. The largest absolute Gasteiger partial charge is 0.343 e. The summed E-state index contributed by atoms with van der Waals surface area (Å²) in [7, 11) is 0. The highest BCUT2D eigenvalue weighted by molar-refractivity contribution is 6.35. The van der Waals surface area contributed by atoms with Gasteiger partial charge in [-0.05, 0) is 37.3 Å². The van der Waals surface area contributed by atoms with Gasteiger partial charge in [-0.25, -0.2) is 8.78 Å². The lowest BCUT2D eigenvalue weighted by Crippen LogP contribution is -2.44. The summed E-state index contributed by atoms with van der Waals surface area (Å²) in [6.45, 7) is 1.00. The van der Waals surface area contributed by atoms with Crippen molar-refractivity contribution in [3.8, 4) is 0 Å². The summed E-state index contributed by atoms with van der Waals surface area (Å²) in [5, 5.41) is 1.78. The van der Waals surface area contributed by atoms with Gasteiger partial charge in [0.25, 0.3) is 11.8 Å². The van der Waals surface area contributed by atoms with Gasteiger partial charge < -0.3 is 5.32 Å². The van der Waals surface area contributed by atoms with Crippen molar-refractivity contribution in [3.63, 3.8) is 0 Å². The molecule has 0 aliphatic carbocycles. The smallest absolute Gasteiger partial charge is 0.294 e. The van der Waals surface area contributed by atoms with Gasteiger partial charge in [0.2, 0.25) is 0 Å². The molecule has 1 N–H and O–H groups in total. The third-order valence-corrected chi connectivity index (χ3v) is 3.92. The summed E-state index contributed by atoms with van der Waals surface area (Å²) in [5.41, 5.74) is -1.49. The Hall–Kier alpha value is -1.79. The molecule has 1 atom stereocenters. The molecule has 0 radical (unpaired) electrons. The predicted molar refractivity (Wildman–Crippen MR) is 83.6 cm³/mol. The third kappa shape index (κ3) is 3.65. The lowest BCUT2D eigenvalue weighted by molar-refractivity contribution is -0.0356. The summed E-state index contributed by atoms with van der Waals surface area (Å²) >= 11 is 11.4. The van der Waals surface area contributed by atoms with Crippen LogP contribution in [0.2, 0.25) is 10.0 Å². The van der Waals surface area contributed by atoms with Gasteiger partial charge in [-0.2, -0.15) is 8.78 Å². The fraction of sp³-hybridized carbons (Fsp3) is 0.188. The second-order valence-corrected chi connectivity index (χ2v) is 5.88. The van der Waals surface area contributed by atoms with Crippen LogP contribution >= 0.6 is 23.2 Å². The number of amides is 1. The van der Waals surface area contributed by atoms with Crippen LogP contribution in [0.15, 0.2) is 36.4 Å². The van der Waals surface area contributed by atoms with Gasteiger partial charge in [0, 0.05) is 10.6 Å². The fourth-order valence-corrected chi connectivity index (χ4v) is 2.60. The molecule has 0 aliphatic heterocycles. The van der Waals surface area contributed by atoms with Crippen molar-refractivity contribution in [2.24, 2.45) is 0 Å². The SMILES string of the molecule is C[C@@H](NC(=O)c1c(F)cccc1F)C(F)(F)c1ccc(Cl)cc1Cl. The maximum atomic E-state index is 14.5. The quantitative estimate of drug-likeness (QED) is 0.728. The van der Waals surface area contributed by atoms with Crippen molar-refractivity contribution >= 4 is 29.1 Å². The standard InChI is InChI=1S/C16H11Cl2F4NO/c1-8(16(21,22)10-6-5-9(17)7-11(10)18)23-15(24)14-12(19)3-2-4-13(14)20/h2-8H,1H3,(H,23,24)/t8-/m1/s1. The summed E-state index contributed by atoms with van der Waals surface area (Å²) in [6.07, 6.45) is 0. The first kappa shape index (κ1) is 18.5. The molecule has 0 aromatic heterocycles. The Morgan fingerprint density at radius 3 is 2.25 bits per heavy atom. The zero-order chi connectivity index (χ0) is 18.1. The Morgan fingerprint density at radius 1 is 1.12 bits per heavy atom. The molecule has 0 heterocycles. The number of hydrogen-bond donors (Lipinski definition) is 1. The molecular formula is C16H11Cl2F4NO. The van der Waals surface area contributed by atoms with E-state index in [1.54, 1.807) is 0 Å². The second-order valence-electron chi connectivity index (χ2n) is 5.04. The third-order valence-electron chi connectivity index (χ3n) is 3.37. The number of nitrogens with one attached hydrogen (secondary N) is 1. The number of carbonyl (C=O) groups excluding carboxylic acids is 1. The van der Waals surface area contributed by atoms with E-state index in [1.807, 2.05) is 5.32 Å². The molecule has 2 aromatic rings. The molecule has 0 bridgehead atoms. The molecule has 2 rings (SSSR count). The maximum Gasteiger partial charge on any atom is 0.294 e. The molecule has 0 unspecified atom stereocenters. The van der Waals surface area contributed by atoms with E-state index in [0.717, 1.165) is 37.3 Å². The van der Waals surface area contributed by atoms with Crippen LogP contribution < -0.4 is 5.32 Å². The van der Waals surface area contributed by atoms with Crippen LogP contribution in [-0.2, 0) is 5.92 Å². The average Bonchev–Trinajstić information content (AvgIpc) is 2.46. The van der Waals surface area contributed by atoms with Crippen LogP contribution in [0.5, 0.6) is 0 Å². The molecule has 0 fully saturated rings.